The van der Waals surface area contributed by atoms with E-state index in [9.17, 15) is 9.90 Å². The molecule has 3 nitrogen and oxygen atoms in total. The molecule has 0 bridgehead atoms. The van der Waals surface area contributed by atoms with Gasteiger partial charge in [0.15, 0.2) is 5.78 Å². The molecule has 1 aliphatic heterocycles. The van der Waals surface area contributed by atoms with Crippen LogP contribution in [0.4, 0.5) is 0 Å². The van der Waals surface area contributed by atoms with Gasteiger partial charge in [0.1, 0.15) is 11.9 Å². The number of aliphatic hydroxyl groups is 1. The van der Waals surface area contributed by atoms with Crippen LogP contribution in [-0.4, -0.2) is 23.1 Å². The minimum absolute atomic E-state index is 0.0669. The Balaban J connectivity index is 3.06. The van der Waals surface area contributed by atoms with E-state index in [0.717, 1.165) is 6.42 Å². The van der Waals surface area contributed by atoms with Crippen molar-refractivity contribution in [2.45, 2.75) is 66.6 Å². The van der Waals surface area contributed by atoms with Crippen LogP contribution in [0.1, 0.15) is 54.4 Å². The van der Waals surface area contributed by atoms with Crippen molar-refractivity contribution in [3.05, 3.63) is 11.3 Å². The van der Waals surface area contributed by atoms with Crippen molar-refractivity contribution < 1.29 is 14.6 Å². The third-order valence-corrected chi connectivity index (χ3v) is 4.52. The standard InChI is InChI=1S/C16H28O3/c1-7-9(3)15-11(5)14(18)12(6)16(19-15)10(4)13(17)8-2/h9-11,13,15,17H,7-8H2,1-6H3/t9-,10?,11?,13?,15-/m0/s1. The summed E-state index contributed by atoms with van der Waals surface area (Å²) < 4.78 is 6.12. The average molecular weight is 268 g/mol. The number of aliphatic hydroxyl groups excluding tert-OH is 1. The highest BCUT2D eigenvalue weighted by atomic mass is 16.5. The van der Waals surface area contributed by atoms with Gasteiger partial charge in [0, 0.05) is 11.5 Å². The van der Waals surface area contributed by atoms with Crippen LogP contribution < -0.4 is 0 Å². The van der Waals surface area contributed by atoms with Gasteiger partial charge in [-0.3, -0.25) is 4.79 Å². The summed E-state index contributed by atoms with van der Waals surface area (Å²) in [6.45, 7) is 11.9. The number of carbonyl (C=O) groups is 1. The van der Waals surface area contributed by atoms with Crippen LogP contribution in [0.3, 0.4) is 0 Å². The molecule has 0 saturated carbocycles. The molecule has 0 radical (unpaired) electrons. The first-order valence-electron chi connectivity index (χ1n) is 7.44. The first-order valence-corrected chi connectivity index (χ1v) is 7.44. The van der Waals surface area contributed by atoms with Gasteiger partial charge >= 0.3 is 0 Å². The second-order valence-corrected chi connectivity index (χ2v) is 5.87. The third-order valence-electron chi connectivity index (χ3n) is 4.52. The number of carbonyl (C=O) groups excluding carboxylic acids is 1. The van der Waals surface area contributed by atoms with Crippen molar-refractivity contribution >= 4 is 5.78 Å². The van der Waals surface area contributed by atoms with E-state index in [1.807, 2.05) is 27.7 Å². The second-order valence-electron chi connectivity index (χ2n) is 5.87. The highest BCUT2D eigenvalue weighted by molar-refractivity contribution is 5.98. The molecule has 3 unspecified atom stereocenters. The molecule has 0 aliphatic carbocycles. The molecular formula is C16H28O3. The van der Waals surface area contributed by atoms with Crippen LogP contribution in [0.2, 0.25) is 0 Å². The molecule has 110 valence electrons. The monoisotopic (exact) mass is 268 g/mol. The number of rotatable bonds is 5. The maximum Gasteiger partial charge on any atom is 0.168 e. The Bertz CT molecular complexity index is 359. The fourth-order valence-corrected chi connectivity index (χ4v) is 2.77. The minimum Gasteiger partial charge on any atom is -0.493 e. The fourth-order valence-electron chi connectivity index (χ4n) is 2.77. The molecule has 0 aromatic heterocycles. The first kappa shape index (κ1) is 16.2. The average Bonchev–Trinajstić information content (AvgIpc) is 2.42. The summed E-state index contributed by atoms with van der Waals surface area (Å²) in [5.74, 6) is 0.996. The second kappa shape index (κ2) is 6.56. The lowest BCUT2D eigenvalue weighted by Gasteiger charge is -2.37. The van der Waals surface area contributed by atoms with E-state index >= 15 is 0 Å². The van der Waals surface area contributed by atoms with Crippen molar-refractivity contribution in [2.24, 2.45) is 17.8 Å². The topological polar surface area (TPSA) is 46.5 Å². The Morgan fingerprint density at radius 1 is 1.26 bits per heavy atom. The SMILES string of the molecule is CCC(O)C(C)C1=C(C)C(=O)C(C)[C@H]([C@@H](C)CC)O1. The van der Waals surface area contributed by atoms with E-state index in [2.05, 4.69) is 13.8 Å². The van der Waals surface area contributed by atoms with Gasteiger partial charge in [0.25, 0.3) is 0 Å². The van der Waals surface area contributed by atoms with Crippen molar-refractivity contribution in [1.82, 2.24) is 0 Å². The van der Waals surface area contributed by atoms with Crippen molar-refractivity contribution in [3.63, 3.8) is 0 Å². The lowest BCUT2D eigenvalue weighted by atomic mass is 9.82. The molecule has 0 spiro atoms. The fraction of sp³-hybridized carbons (Fsp3) is 0.812. The van der Waals surface area contributed by atoms with Crippen LogP contribution in [-0.2, 0) is 9.53 Å². The molecule has 1 rings (SSSR count). The molecule has 1 N–H and O–H groups in total. The van der Waals surface area contributed by atoms with E-state index in [0.29, 0.717) is 23.7 Å². The summed E-state index contributed by atoms with van der Waals surface area (Å²) in [5.41, 5.74) is 0.687. The molecule has 0 saturated heterocycles. The zero-order valence-electron chi connectivity index (χ0n) is 13.1. The van der Waals surface area contributed by atoms with Gasteiger partial charge in [-0.05, 0) is 19.3 Å². The van der Waals surface area contributed by atoms with Crippen LogP contribution in [0.25, 0.3) is 0 Å². The summed E-state index contributed by atoms with van der Waals surface area (Å²) >= 11 is 0. The summed E-state index contributed by atoms with van der Waals surface area (Å²) in [4.78, 5) is 12.4. The molecule has 1 heterocycles. The number of ketones is 1. The van der Waals surface area contributed by atoms with Gasteiger partial charge in [-0.2, -0.15) is 0 Å². The minimum atomic E-state index is -0.455. The van der Waals surface area contributed by atoms with Crippen LogP contribution in [0.5, 0.6) is 0 Å². The molecule has 1 aliphatic rings. The Morgan fingerprint density at radius 2 is 1.84 bits per heavy atom. The van der Waals surface area contributed by atoms with Crippen LogP contribution in [0, 0.1) is 17.8 Å². The summed E-state index contributed by atoms with van der Waals surface area (Å²) in [7, 11) is 0. The third kappa shape index (κ3) is 3.19. The highest BCUT2D eigenvalue weighted by Crippen LogP contribution is 2.35. The van der Waals surface area contributed by atoms with Crippen molar-refractivity contribution in [3.8, 4) is 0 Å². The molecule has 0 aromatic carbocycles. The smallest absolute Gasteiger partial charge is 0.168 e. The zero-order chi connectivity index (χ0) is 14.7. The molecule has 0 fully saturated rings. The van der Waals surface area contributed by atoms with Crippen LogP contribution >= 0.6 is 0 Å². The van der Waals surface area contributed by atoms with Gasteiger partial charge in [-0.25, -0.2) is 0 Å². The highest BCUT2D eigenvalue weighted by Gasteiger charge is 2.38. The zero-order valence-corrected chi connectivity index (χ0v) is 13.1. The normalized spacial score (nSPS) is 28.9. The lowest BCUT2D eigenvalue weighted by Crippen LogP contribution is -2.40. The summed E-state index contributed by atoms with van der Waals surface area (Å²) in [6.07, 6.45) is 1.13. The van der Waals surface area contributed by atoms with Gasteiger partial charge in [-0.15, -0.1) is 0 Å². The molecule has 0 aromatic rings. The quantitative estimate of drug-likeness (QED) is 0.832. The van der Waals surface area contributed by atoms with Crippen LogP contribution in [0.15, 0.2) is 11.3 Å². The number of hydrogen-bond donors (Lipinski definition) is 1. The maximum atomic E-state index is 12.4. The number of hydrogen-bond acceptors (Lipinski definition) is 3. The van der Waals surface area contributed by atoms with Gasteiger partial charge in [0.2, 0.25) is 0 Å². The number of Topliss-reactive ketones (excluding diaryl/α,β-unsaturated/α-hetero) is 1. The summed E-state index contributed by atoms with van der Waals surface area (Å²) in [6, 6.07) is 0. The molecule has 3 heteroatoms. The van der Waals surface area contributed by atoms with Gasteiger partial charge in [0.05, 0.1) is 12.0 Å². The Labute approximate surface area is 117 Å². The molecule has 19 heavy (non-hydrogen) atoms. The number of ether oxygens (including phenoxy) is 1. The van der Waals surface area contributed by atoms with Crippen molar-refractivity contribution in [2.75, 3.05) is 0 Å². The maximum absolute atomic E-state index is 12.4. The largest absolute Gasteiger partial charge is 0.493 e. The molecule has 0 amide bonds. The lowest BCUT2D eigenvalue weighted by molar-refractivity contribution is -0.128. The number of allylic oxidation sites excluding steroid dienone is 1. The van der Waals surface area contributed by atoms with Crippen molar-refractivity contribution in [1.29, 1.82) is 0 Å². The predicted octanol–water partition coefficient (Wildman–Crippen LogP) is 3.32. The molecular weight excluding hydrogens is 240 g/mol. The van der Waals surface area contributed by atoms with Gasteiger partial charge < -0.3 is 9.84 Å². The van der Waals surface area contributed by atoms with E-state index in [1.54, 1.807) is 0 Å². The van der Waals surface area contributed by atoms with Gasteiger partial charge in [-0.1, -0.05) is 41.0 Å². The Morgan fingerprint density at radius 3 is 2.32 bits per heavy atom. The first-order chi connectivity index (χ1) is 8.84. The van der Waals surface area contributed by atoms with E-state index in [-0.39, 0.29) is 23.7 Å². The predicted molar refractivity (Wildman–Crippen MR) is 76.7 cm³/mol. The van der Waals surface area contributed by atoms with E-state index < -0.39 is 6.10 Å². The van der Waals surface area contributed by atoms with E-state index in [4.69, 9.17) is 4.74 Å². The Hall–Kier alpha value is -0.830. The molecule has 5 atom stereocenters. The summed E-state index contributed by atoms with van der Waals surface area (Å²) in [5, 5.41) is 10.0. The van der Waals surface area contributed by atoms with E-state index in [1.165, 1.54) is 0 Å². The Kier molecular flexibility index (Phi) is 5.60.